The van der Waals surface area contributed by atoms with Crippen LogP contribution in [0.15, 0.2) is 60.9 Å². The van der Waals surface area contributed by atoms with E-state index in [1.807, 2.05) is 24.5 Å². The van der Waals surface area contributed by atoms with Gasteiger partial charge in [0, 0.05) is 48.0 Å². The lowest BCUT2D eigenvalue weighted by molar-refractivity contribution is 0.199. The third-order valence-electron chi connectivity index (χ3n) is 5.21. The third-order valence-corrected chi connectivity index (χ3v) is 5.21. The third kappa shape index (κ3) is 4.61. The van der Waals surface area contributed by atoms with Crippen LogP contribution in [0.4, 0.5) is 5.69 Å². The van der Waals surface area contributed by atoms with Gasteiger partial charge in [-0.3, -0.25) is 9.88 Å². The molecule has 0 radical (unpaired) electrons. The summed E-state index contributed by atoms with van der Waals surface area (Å²) in [4.78, 5) is 6.72. The average molecular weight is 377 g/mol. The predicted molar refractivity (Wildman–Crippen MR) is 113 cm³/mol. The maximum Gasteiger partial charge on any atom is 0.119 e. The SMILES string of the molecule is OCCOc1cccc(CN2CCC[C@@H](Nc3cccc4cnccc34)C2)c1. The van der Waals surface area contributed by atoms with E-state index in [4.69, 9.17) is 9.84 Å². The predicted octanol–water partition coefficient (Wildman–Crippen LogP) is 3.68. The monoisotopic (exact) mass is 377 g/mol. The maximum absolute atomic E-state index is 8.93. The lowest BCUT2D eigenvalue weighted by atomic mass is 10.0. The summed E-state index contributed by atoms with van der Waals surface area (Å²) in [7, 11) is 0. The molecule has 2 N–H and O–H groups in total. The lowest BCUT2D eigenvalue weighted by Gasteiger charge is -2.34. The minimum atomic E-state index is 0.0356. The second kappa shape index (κ2) is 9.04. The van der Waals surface area contributed by atoms with Crippen LogP contribution < -0.4 is 10.1 Å². The molecule has 28 heavy (non-hydrogen) atoms. The first-order chi connectivity index (χ1) is 13.8. The van der Waals surface area contributed by atoms with E-state index in [0.29, 0.717) is 12.6 Å². The van der Waals surface area contributed by atoms with Gasteiger partial charge in [0.15, 0.2) is 0 Å². The van der Waals surface area contributed by atoms with E-state index in [1.165, 1.54) is 34.9 Å². The van der Waals surface area contributed by atoms with E-state index in [-0.39, 0.29) is 6.61 Å². The molecule has 5 heteroatoms. The fraction of sp³-hybridized carbons (Fsp3) is 0.348. The van der Waals surface area contributed by atoms with Gasteiger partial charge in [-0.25, -0.2) is 0 Å². The van der Waals surface area contributed by atoms with E-state index in [1.54, 1.807) is 0 Å². The van der Waals surface area contributed by atoms with Crippen molar-refractivity contribution in [1.82, 2.24) is 9.88 Å². The number of rotatable bonds is 7. The molecule has 0 aliphatic carbocycles. The number of fused-ring (bicyclic) bond motifs is 1. The van der Waals surface area contributed by atoms with Crippen LogP contribution in [0.2, 0.25) is 0 Å². The number of likely N-dealkylation sites (tertiary alicyclic amines) is 1. The summed E-state index contributed by atoms with van der Waals surface area (Å²) < 4.78 is 5.54. The largest absolute Gasteiger partial charge is 0.491 e. The molecule has 0 amide bonds. The van der Waals surface area contributed by atoms with Crippen molar-refractivity contribution in [3.63, 3.8) is 0 Å². The van der Waals surface area contributed by atoms with Crippen molar-refractivity contribution in [2.24, 2.45) is 0 Å². The van der Waals surface area contributed by atoms with Gasteiger partial charge in [-0.05, 0) is 49.2 Å². The van der Waals surface area contributed by atoms with Crippen molar-refractivity contribution in [2.75, 3.05) is 31.6 Å². The minimum absolute atomic E-state index is 0.0356. The van der Waals surface area contributed by atoms with Crippen molar-refractivity contribution >= 4 is 16.5 Å². The summed E-state index contributed by atoms with van der Waals surface area (Å²) >= 11 is 0. The summed E-state index contributed by atoms with van der Waals surface area (Å²) in [6, 6.07) is 17.0. The molecular formula is C23H27N3O2. The summed E-state index contributed by atoms with van der Waals surface area (Å²) in [6.07, 6.45) is 6.13. The number of piperidine rings is 1. The topological polar surface area (TPSA) is 57.6 Å². The van der Waals surface area contributed by atoms with E-state index >= 15 is 0 Å². The molecule has 1 fully saturated rings. The van der Waals surface area contributed by atoms with Crippen molar-refractivity contribution < 1.29 is 9.84 Å². The first-order valence-corrected chi connectivity index (χ1v) is 9.96. The molecule has 1 aliphatic heterocycles. The smallest absolute Gasteiger partial charge is 0.119 e. The summed E-state index contributed by atoms with van der Waals surface area (Å²) in [5, 5.41) is 15.1. The normalized spacial score (nSPS) is 17.5. The standard InChI is InChI=1S/C23H27N3O2/c27-12-13-28-21-7-1-4-18(14-21)16-26-11-3-6-20(17-26)25-23-8-2-5-19-15-24-10-9-22(19)23/h1-2,4-5,7-10,14-15,20,25,27H,3,6,11-13,16-17H2/t20-/m1/s1. The molecular weight excluding hydrogens is 350 g/mol. The summed E-state index contributed by atoms with van der Waals surface area (Å²) in [5.41, 5.74) is 2.43. The van der Waals surface area contributed by atoms with Crippen LogP contribution in [-0.2, 0) is 6.54 Å². The number of benzene rings is 2. The Balaban J connectivity index is 1.40. The zero-order valence-corrected chi connectivity index (χ0v) is 16.1. The first kappa shape index (κ1) is 18.7. The van der Waals surface area contributed by atoms with Crippen LogP contribution >= 0.6 is 0 Å². The lowest BCUT2D eigenvalue weighted by Crippen LogP contribution is -2.41. The number of pyridine rings is 1. The summed E-state index contributed by atoms with van der Waals surface area (Å²) in [5.74, 6) is 0.822. The number of hydrogen-bond donors (Lipinski definition) is 2. The molecule has 2 heterocycles. The van der Waals surface area contributed by atoms with Crippen molar-refractivity contribution in [2.45, 2.75) is 25.4 Å². The van der Waals surface area contributed by atoms with Gasteiger partial charge >= 0.3 is 0 Å². The Kier molecular flexibility index (Phi) is 6.04. The van der Waals surface area contributed by atoms with Crippen LogP contribution in [0.3, 0.4) is 0 Å². The number of anilines is 1. The molecule has 4 rings (SSSR count). The number of nitrogens with zero attached hydrogens (tertiary/aromatic N) is 2. The number of ether oxygens (including phenoxy) is 1. The Morgan fingerprint density at radius 3 is 3.04 bits per heavy atom. The number of nitrogens with one attached hydrogen (secondary N) is 1. The first-order valence-electron chi connectivity index (χ1n) is 9.96. The molecule has 0 unspecified atom stereocenters. The second-order valence-corrected chi connectivity index (χ2v) is 7.34. The highest BCUT2D eigenvalue weighted by Crippen LogP contribution is 2.25. The van der Waals surface area contributed by atoms with Gasteiger partial charge in [0.2, 0.25) is 0 Å². The number of aliphatic hydroxyl groups is 1. The Morgan fingerprint density at radius 1 is 1.18 bits per heavy atom. The van der Waals surface area contributed by atoms with E-state index in [2.05, 4.69) is 51.6 Å². The fourth-order valence-corrected chi connectivity index (χ4v) is 3.94. The van der Waals surface area contributed by atoms with Gasteiger partial charge in [0.1, 0.15) is 12.4 Å². The number of aliphatic hydroxyl groups excluding tert-OH is 1. The van der Waals surface area contributed by atoms with Gasteiger partial charge in [-0.15, -0.1) is 0 Å². The van der Waals surface area contributed by atoms with E-state index in [0.717, 1.165) is 25.4 Å². The average Bonchev–Trinajstić information content (AvgIpc) is 2.73. The minimum Gasteiger partial charge on any atom is -0.491 e. The molecule has 2 aromatic carbocycles. The van der Waals surface area contributed by atoms with Gasteiger partial charge in [0.05, 0.1) is 6.61 Å². The van der Waals surface area contributed by atoms with Crippen LogP contribution in [0.5, 0.6) is 5.75 Å². The number of aromatic nitrogens is 1. The Hall–Kier alpha value is -2.63. The molecule has 1 aromatic heterocycles. The van der Waals surface area contributed by atoms with Crippen molar-refractivity contribution in [3.05, 3.63) is 66.5 Å². The fourth-order valence-electron chi connectivity index (χ4n) is 3.94. The van der Waals surface area contributed by atoms with Gasteiger partial charge in [0.25, 0.3) is 0 Å². The molecule has 3 aromatic rings. The number of hydrogen-bond acceptors (Lipinski definition) is 5. The molecule has 0 saturated carbocycles. The zero-order chi connectivity index (χ0) is 19.2. The van der Waals surface area contributed by atoms with E-state index in [9.17, 15) is 0 Å². The molecule has 1 saturated heterocycles. The Bertz CT molecular complexity index is 910. The van der Waals surface area contributed by atoms with Crippen LogP contribution in [0.25, 0.3) is 10.8 Å². The van der Waals surface area contributed by atoms with Crippen molar-refractivity contribution in [3.8, 4) is 5.75 Å². The van der Waals surface area contributed by atoms with Gasteiger partial charge in [-0.2, -0.15) is 0 Å². The van der Waals surface area contributed by atoms with Gasteiger partial charge in [-0.1, -0.05) is 24.3 Å². The van der Waals surface area contributed by atoms with Crippen molar-refractivity contribution in [1.29, 1.82) is 0 Å². The van der Waals surface area contributed by atoms with Crippen LogP contribution in [-0.4, -0.2) is 47.3 Å². The van der Waals surface area contributed by atoms with E-state index < -0.39 is 0 Å². The summed E-state index contributed by atoms with van der Waals surface area (Å²) in [6.45, 7) is 3.41. The molecule has 1 aliphatic rings. The van der Waals surface area contributed by atoms with Crippen LogP contribution in [0.1, 0.15) is 18.4 Å². The Morgan fingerprint density at radius 2 is 2.11 bits per heavy atom. The highest BCUT2D eigenvalue weighted by atomic mass is 16.5. The highest BCUT2D eigenvalue weighted by Gasteiger charge is 2.20. The Labute approximate surface area is 166 Å². The molecule has 0 spiro atoms. The molecule has 146 valence electrons. The van der Waals surface area contributed by atoms with Gasteiger partial charge < -0.3 is 15.2 Å². The molecule has 1 atom stereocenters. The maximum atomic E-state index is 8.93. The quantitative estimate of drug-likeness (QED) is 0.658. The molecule has 0 bridgehead atoms. The van der Waals surface area contributed by atoms with Crippen LogP contribution in [0, 0.1) is 0 Å². The second-order valence-electron chi connectivity index (χ2n) is 7.34. The zero-order valence-electron chi connectivity index (χ0n) is 16.1. The molecule has 5 nitrogen and oxygen atoms in total. The highest BCUT2D eigenvalue weighted by molar-refractivity contribution is 5.93.